The summed E-state index contributed by atoms with van der Waals surface area (Å²) >= 11 is 6.30. The lowest BCUT2D eigenvalue weighted by Crippen LogP contribution is -2.14. The largest absolute Gasteiger partial charge is 0.334 e. The smallest absolute Gasteiger partial charge is 0.139 e. The van der Waals surface area contributed by atoms with Crippen LogP contribution in [0.1, 0.15) is 18.9 Å². The molecule has 0 aliphatic rings. The van der Waals surface area contributed by atoms with Crippen LogP contribution in [0.4, 0.5) is 0 Å². The molecule has 4 heteroatoms. The molecule has 0 atom stereocenters. The van der Waals surface area contributed by atoms with Gasteiger partial charge in [-0.3, -0.25) is 0 Å². The number of aromatic nitrogens is 2. The lowest BCUT2D eigenvalue weighted by molar-refractivity contribution is 0.675. The van der Waals surface area contributed by atoms with Gasteiger partial charge >= 0.3 is 0 Å². The molecular formula is C14H18ClN3. The molecule has 0 aliphatic carbocycles. The van der Waals surface area contributed by atoms with Crippen LogP contribution in [0.3, 0.4) is 0 Å². The van der Waals surface area contributed by atoms with Crippen molar-refractivity contribution in [2.75, 3.05) is 6.54 Å². The number of hydrogen-bond acceptors (Lipinski definition) is 2. The van der Waals surface area contributed by atoms with Gasteiger partial charge in [-0.15, -0.1) is 0 Å². The number of aryl methyl sites for hydroxylation is 1. The Kier molecular flexibility index (Phi) is 4.39. The van der Waals surface area contributed by atoms with Gasteiger partial charge in [-0.25, -0.2) is 4.98 Å². The zero-order chi connectivity index (χ0) is 13.0. The second-order valence-electron chi connectivity index (χ2n) is 4.34. The Bertz CT molecular complexity index is 520. The summed E-state index contributed by atoms with van der Waals surface area (Å²) in [5.74, 6) is 0.935. The van der Waals surface area contributed by atoms with Crippen LogP contribution >= 0.6 is 11.6 Å². The monoisotopic (exact) mass is 263 g/mol. The number of hydrogen-bond donors (Lipinski definition) is 1. The van der Waals surface area contributed by atoms with Crippen molar-refractivity contribution in [3.63, 3.8) is 0 Å². The molecule has 1 N–H and O–H groups in total. The van der Waals surface area contributed by atoms with Gasteiger partial charge in [0.05, 0.1) is 0 Å². The van der Waals surface area contributed by atoms with Crippen LogP contribution in [-0.2, 0) is 13.6 Å². The Morgan fingerprint density at radius 2 is 2.22 bits per heavy atom. The minimum Gasteiger partial charge on any atom is -0.334 e. The van der Waals surface area contributed by atoms with Crippen molar-refractivity contribution >= 4 is 11.6 Å². The first-order valence-electron chi connectivity index (χ1n) is 6.19. The van der Waals surface area contributed by atoms with Crippen LogP contribution < -0.4 is 5.32 Å². The molecule has 0 radical (unpaired) electrons. The van der Waals surface area contributed by atoms with Crippen LogP contribution in [0.5, 0.6) is 0 Å². The second-order valence-corrected chi connectivity index (χ2v) is 4.75. The molecule has 96 valence electrons. The van der Waals surface area contributed by atoms with Gasteiger partial charge in [0, 0.05) is 36.6 Å². The number of benzene rings is 1. The Morgan fingerprint density at radius 3 is 2.83 bits per heavy atom. The fourth-order valence-corrected chi connectivity index (χ4v) is 2.12. The molecule has 1 heterocycles. The minimum absolute atomic E-state index is 0.791. The highest BCUT2D eigenvalue weighted by Crippen LogP contribution is 2.24. The van der Waals surface area contributed by atoms with E-state index < -0.39 is 0 Å². The molecule has 0 aliphatic heterocycles. The van der Waals surface area contributed by atoms with E-state index in [1.165, 1.54) is 0 Å². The van der Waals surface area contributed by atoms with E-state index in [-0.39, 0.29) is 0 Å². The Balaban J connectivity index is 2.17. The first-order chi connectivity index (χ1) is 8.72. The molecule has 1 aromatic carbocycles. The quantitative estimate of drug-likeness (QED) is 0.840. The molecule has 0 amide bonds. The fraction of sp³-hybridized carbons (Fsp3) is 0.357. The predicted molar refractivity (Wildman–Crippen MR) is 75.7 cm³/mol. The molecule has 2 aromatic rings. The fourth-order valence-electron chi connectivity index (χ4n) is 1.87. The van der Waals surface area contributed by atoms with Crippen molar-refractivity contribution in [2.24, 2.45) is 7.05 Å². The van der Waals surface area contributed by atoms with Crippen LogP contribution in [0.2, 0.25) is 5.02 Å². The van der Waals surface area contributed by atoms with Gasteiger partial charge < -0.3 is 9.88 Å². The molecule has 0 fully saturated rings. The standard InChI is InChI=1S/C14H18ClN3/c1-3-6-16-10-12-5-4-11(9-13(12)15)14-17-7-8-18(14)2/h4-5,7-9,16H,3,6,10H2,1-2H3. The van der Waals surface area contributed by atoms with Crippen molar-refractivity contribution < 1.29 is 0 Å². The summed E-state index contributed by atoms with van der Waals surface area (Å²) in [6.07, 6.45) is 4.85. The molecular weight excluding hydrogens is 246 g/mol. The van der Waals surface area contributed by atoms with E-state index in [0.717, 1.165) is 41.5 Å². The van der Waals surface area contributed by atoms with E-state index in [9.17, 15) is 0 Å². The second kappa shape index (κ2) is 6.03. The third kappa shape index (κ3) is 2.92. The van der Waals surface area contributed by atoms with Gasteiger partial charge in [0.2, 0.25) is 0 Å². The lowest BCUT2D eigenvalue weighted by Gasteiger charge is -2.08. The maximum atomic E-state index is 6.30. The highest BCUT2D eigenvalue weighted by molar-refractivity contribution is 6.31. The Hall–Kier alpha value is -1.32. The van der Waals surface area contributed by atoms with Crippen LogP contribution in [0, 0.1) is 0 Å². The highest BCUT2D eigenvalue weighted by atomic mass is 35.5. The van der Waals surface area contributed by atoms with Crippen molar-refractivity contribution in [1.82, 2.24) is 14.9 Å². The normalized spacial score (nSPS) is 10.8. The Morgan fingerprint density at radius 1 is 1.39 bits per heavy atom. The first kappa shape index (κ1) is 13.1. The zero-order valence-electron chi connectivity index (χ0n) is 10.8. The molecule has 3 nitrogen and oxygen atoms in total. The maximum Gasteiger partial charge on any atom is 0.139 e. The van der Waals surface area contributed by atoms with Crippen molar-refractivity contribution in [3.8, 4) is 11.4 Å². The van der Waals surface area contributed by atoms with Crippen LogP contribution in [0.15, 0.2) is 30.6 Å². The predicted octanol–water partition coefficient (Wildman–Crippen LogP) is 3.24. The van der Waals surface area contributed by atoms with E-state index in [1.54, 1.807) is 6.20 Å². The van der Waals surface area contributed by atoms with E-state index in [0.29, 0.717) is 0 Å². The van der Waals surface area contributed by atoms with Crippen molar-refractivity contribution in [1.29, 1.82) is 0 Å². The zero-order valence-corrected chi connectivity index (χ0v) is 11.5. The average molecular weight is 264 g/mol. The van der Waals surface area contributed by atoms with Gasteiger partial charge in [-0.1, -0.05) is 30.7 Å². The topological polar surface area (TPSA) is 29.9 Å². The summed E-state index contributed by atoms with van der Waals surface area (Å²) in [6, 6.07) is 6.11. The van der Waals surface area contributed by atoms with Crippen molar-refractivity contribution in [3.05, 3.63) is 41.2 Å². The average Bonchev–Trinajstić information content (AvgIpc) is 2.78. The first-order valence-corrected chi connectivity index (χ1v) is 6.57. The summed E-state index contributed by atoms with van der Waals surface area (Å²) in [4.78, 5) is 4.32. The molecule has 0 saturated heterocycles. The van der Waals surface area contributed by atoms with E-state index in [2.05, 4.69) is 29.4 Å². The SMILES string of the molecule is CCCNCc1ccc(-c2nccn2C)cc1Cl. The number of nitrogens with one attached hydrogen (secondary N) is 1. The van der Waals surface area contributed by atoms with Gasteiger partial charge in [0.25, 0.3) is 0 Å². The third-order valence-electron chi connectivity index (χ3n) is 2.87. The molecule has 1 aromatic heterocycles. The summed E-state index contributed by atoms with van der Waals surface area (Å²) in [5.41, 5.74) is 2.18. The highest BCUT2D eigenvalue weighted by Gasteiger charge is 2.06. The molecule has 0 bridgehead atoms. The number of rotatable bonds is 5. The van der Waals surface area contributed by atoms with Crippen LogP contribution in [0.25, 0.3) is 11.4 Å². The molecule has 18 heavy (non-hydrogen) atoms. The summed E-state index contributed by atoms with van der Waals surface area (Å²) < 4.78 is 1.99. The van der Waals surface area contributed by atoms with Gasteiger partial charge in [0.1, 0.15) is 5.82 Å². The summed E-state index contributed by atoms with van der Waals surface area (Å²) in [5, 5.41) is 4.14. The lowest BCUT2D eigenvalue weighted by atomic mass is 10.1. The Labute approximate surface area is 113 Å². The van der Waals surface area contributed by atoms with Gasteiger partial charge in [0.15, 0.2) is 0 Å². The van der Waals surface area contributed by atoms with Gasteiger partial charge in [-0.2, -0.15) is 0 Å². The third-order valence-corrected chi connectivity index (χ3v) is 3.23. The number of imidazole rings is 1. The number of nitrogens with zero attached hydrogens (tertiary/aromatic N) is 2. The number of halogens is 1. The van der Waals surface area contributed by atoms with Gasteiger partial charge in [-0.05, 0) is 24.6 Å². The van der Waals surface area contributed by atoms with E-state index >= 15 is 0 Å². The summed E-state index contributed by atoms with van der Waals surface area (Å²) in [7, 11) is 1.98. The van der Waals surface area contributed by atoms with E-state index in [4.69, 9.17) is 11.6 Å². The maximum absolute atomic E-state index is 6.30. The minimum atomic E-state index is 0.791. The van der Waals surface area contributed by atoms with Crippen molar-refractivity contribution in [2.45, 2.75) is 19.9 Å². The molecule has 2 rings (SSSR count). The van der Waals surface area contributed by atoms with Crippen LogP contribution in [-0.4, -0.2) is 16.1 Å². The summed E-state index contributed by atoms with van der Waals surface area (Å²) in [6.45, 7) is 3.98. The molecule has 0 spiro atoms. The molecule has 0 saturated carbocycles. The molecule has 0 unspecified atom stereocenters. The van der Waals surface area contributed by atoms with E-state index in [1.807, 2.05) is 23.9 Å².